The first-order chi connectivity index (χ1) is 10.6. The maximum atomic E-state index is 12.1. The molecule has 1 aromatic heterocycles. The van der Waals surface area contributed by atoms with Gasteiger partial charge >= 0.3 is 0 Å². The number of benzene rings is 1. The zero-order chi connectivity index (χ0) is 15.9. The van der Waals surface area contributed by atoms with Crippen LogP contribution < -0.4 is 0 Å². The van der Waals surface area contributed by atoms with Crippen molar-refractivity contribution < 1.29 is 4.79 Å². The van der Waals surface area contributed by atoms with Gasteiger partial charge in [0, 0.05) is 11.3 Å². The van der Waals surface area contributed by atoms with Crippen LogP contribution in [0.5, 0.6) is 0 Å². The van der Waals surface area contributed by atoms with Crippen molar-refractivity contribution in [1.82, 2.24) is 4.98 Å². The van der Waals surface area contributed by atoms with E-state index in [4.69, 9.17) is 0 Å². The molecule has 0 atom stereocenters. The van der Waals surface area contributed by atoms with Crippen LogP contribution >= 0.6 is 11.8 Å². The standard InChI is InChI=1S/C18H18N2OS/c1-13(2)10-16-9-8-15(11-19)18(20-16)22-12-17(21)14-6-4-3-5-7-14/h3-9,13H,10,12H2,1-2H3. The lowest BCUT2D eigenvalue weighted by molar-refractivity contribution is 0.102. The van der Waals surface area contributed by atoms with E-state index in [2.05, 4.69) is 24.9 Å². The lowest BCUT2D eigenvalue weighted by Gasteiger charge is -2.08. The summed E-state index contributed by atoms with van der Waals surface area (Å²) < 4.78 is 0. The molecule has 0 aliphatic rings. The number of ketones is 1. The maximum Gasteiger partial charge on any atom is 0.173 e. The molecular formula is C18H18N2OS. The first kappa shape index (κ1) is 16.3. The van der Waals surface area contributed by atoms with Crippen LogP contribution in [0.3, 0.4) is 0 Å². The van der Waals surface area contributed by atoms with Gasteiger partial charge in [0.1, 0.15) is 11.1 Å². The molecule has 22 heavy (non-hydrogen) atoms. The summed E-state index contributed by atoms with van der Waals surface area (Å²) in [6.07, 6.45) is 0.867. The first-order valence-corrected chi connectivity index (χ1v) is 8.19. The normalized spacial score (nSPS) is 10.5. The smallest absolute Gasteiger partial charge is 0.173 e. The summed E-state index contributed by atoms with van der Waals surface area (Å²) in [6, 6.07) is 15.0. The van der Waals surface area contributed by atoms with E-state index in [1.54, 1.807) is 18.2 Å². The van der Waals surface area contributed by atoms with Gasteiger partial charge in [0.05, 0.1) is 11.3 Å². The van der Waals surface area contributed by atoms with Crippen molar-refractivity contribution in [2.24, 2.45) is 5.92 Å². The number of nitrogens with zero attached hydrogens (tertiary/aromatic N) is 2. The van der Waals surface area contributed by atoms with E-state index in [-0.39, 0.29) is 11.5 Å². The Labute approximate surface area is 135 Å². The third-order valence-electron chi connectivity index (χ3n) is 3.09. The highest BCUT2D eigenvalue weighted by Gasteiger charge is 2.11. The Kier molecular flexibility index (Phi) is 5.74. The summed E-state index contributed by atoms with van der Waals surface area (Å²) in [7, 11) is 0. The first-order valence-electron chi connectivity index (χ1n) is 7.21. The number of carbonyl (C=O) groups excluding carboxylic acids is 1. The van der Waals surface area contributed by atoms with E-state index in [1.165, 1.54) is 11.8 Å². The summed E-state index contributed by atoms with van der Waals surface area (Å²) in [5.41, 5.74) is 2.17. The Balaban J connectivity index is 2.11. The molecule has 2 aromatic rings. The molecule has 0 amide bonds. The molecule has 0 bridgehead atoms. The van der Waals surface area contributed by atoms with Gasteiger partial charge in [-0.1, -0.05) is 55.9 Å². The second kappa shape index (κ2) is 7.77. The van der Waals surface area contributed by atoms with Crippen LogP contribution in [-0.4, -0.2) is 16.5 Å². The van der Waals surface area contributed by atoms with Crippen LogP contribution in [0.15, 0.2) is 47.5 Å². The van der Waals surface area contributed by atoms with Gasteiger partial charge < -0.3 is 0 Å². The Bertz CT molecular complexity index is 690. The van der Waals surface area contributed by atoms with Gasteiger partial charge in [0.15, 0.2) is 5.78 Å². The molecule has 0 saturated heterocycles. The van der Waals surface area contributed by atoms with Crippen molar-refractivity contribution >= 4 is 17.5 Å². The van der Waals surface area contributed by atoms with Crippen molar-refractivity contribution in [2.45, 2.75) is 25.3 Å². The monoisotopic (exact) mass is 310 g/mol. The average molecular weight is 310 g/mol. The molecule has 0 spiro atoms. The van der Waals surface area contributed by atoms with Crippen molar-refractivity contribution in [2.75, 3.05) is 5.75 Å². The number of Topliss-reactive ketones (excluding diaryl/α,β-unsaturated/α-hetero) is 1. The molecule has 0 N–H and O–H groups in total. The molecule has 3 nitrogen and oxygen atoms in total. The average Bonchev–Trinajstić information content (AvgIpc) is 2.53. The fourth-order valence-corrected chi connectivity index (χ4v) is 2.93. The number of thioether (sulfide) groups is 1. The van der Waals surface area contributed by atoms with Crippen LogP contribution in [0.25, 0.3) is 0 Å². The van der Waals surface area contributed by atoms with Crippen molar-refractivity contribution in [3.05, 3.63) is 59.3 Å². The Morgan fingerprint density at radius 2 is 1.95 bits per heavy atom. The van der Waals surface area contributed by atoms with E-state index in [0.717, 1.165) is 12.1 Å². The number of aromatic nitrogens is 1. The van der Waals surface area contributed by atoms with Crippen LogP contribution in [-0.2, 0) is 6.42 Å². The second-order valence-corrected chi connectivity index (χ2v) is 6.41. The van der Waals surface area contributed by atoms with E-state index in [9.17, 15) is 10.1 Å². The molecule has 2 rings (SSSR count). The summed E-state index contributed by atoms with van der Waals surface area (Å²) in [5.74, 6) is 0.839. The Morgan fingerprint density at radius 1 is 1.23 bits per heavy atom. The summed E-state index contributed by atoms with van der Waals surface area (Å²) in [6.45, 7) is 4.26. The van der Waals surface area contributed by atoms with E-state index >= 15 is 0 Å². The molecule has 0 aliphatic heterocycles. The largest absolute Gasteiger partial charge is 0.293 e. The van der Waals surface area contributed by atoms with Gasteiger partial charge in [-0.3, -0.25) is 4.79 Å². The van der Waals surface area contributed by atoms with Gasteiger partial charge in [-0.15, -0.1) is 0 Å². The molecule has 0 unspecified atom stereocenters. The van der Waals surface area contributed by atoms with E-state index in [1.807, 2.05) is 24.3 Å². The van der Waals surface area contributed by atoms with Gasteiger partial charge in [-0.25, -0.2) is 4.98 Å². The predicted octanol–water partition coefficient (Wildman–Crippen LogP) is 4.13. The SMILES string of the molecule is CC(C)Cc1ccc(C#N)c(SCC(=O)c2ccccc2)n1. The van der Waals surface area contributed by atoms with Gasteiger partial charge in [-0.05, 0) is 24.5 Å². The molecular weight excluding hydrogens is 292 g/mol. The highest BCUT2D eigenvalue weighted by atomic mass is 32.2. The van der Waals surface area contributed by atoms with Gasteiger partial charge in [0.2, 0.25) is 0 Å². The number of pyridine rings is 1. The van der Waals surface area contributed by atoms with Crippen molar-refractivity contribution in [1.29, 1.82) is 5.26 Å². The van der Waals surface area contributed by atoms with Crippen molar-refractivity contribution in [3.63, 3.8) is 0 Å². The van der Waals surface area contributed by atoms with Crippen LogP contribution in [0.1, 0.15) is 35.5 Å². The van der Waals surface area contributed by atoms with Gasteiger partial charge in [-0.2, -0.15) is 5.26 Å². The Morgan fingerprint density at radius 3 is 2.59 bits per heavy atom. The van der Waals surface area contributed by atoms with Crippen LogP contribution in [0.2, 0.25) is 0 Å². The fraction of sp³-hybridized carbons (Fsp3) is 0.278. The highest BCUT2D eigenvalue weighted by molar-refractivity contribution is 8.00. The number of hydrogen-bond donors (Lipinski definition) is 0. The summed E-state index contributed by atoms with van der Waals surface area (Å²) >= 11 is 1.33. The molecule has 0 aliphatic carbocycles. The molecule has 112 valence electrons. The number of rotatable bonds is 6. The zero-order valence-electron chi connectivity index (χ0n) is 12.7. The van der Waals surface area contributed by atoms with Crippen LogP contribution in [0.4, 0.5) is 0 Å². The third-order valence-corrected chi connectivity index (χ3v) is 4.08. The molecule has 1 aromatic carbocycles. The number of nitriles is 1. The molecule has 1 heterocycles. The minimum absolute atomic E-state index is 0.0468. The molecule has 4 heteroatoms. The highest BCUT2D eigenvalue weighted by Crippen LogP contribution is 2.22. The Hall–Kier alpha value is -2.12. The second-order valence-electron chi connectivity index (χ2n) is 5.44. The zero-order valence-corrected chi connectivity index (χ0v) is 13.6. The maximum absolute atomic E-state index is 12.1. The molecule has 0 fully saturated rings. The van der Waals surface area contributed by atoms with Gasteiger partial charge in [0.25, 0.3) is 0 Å². The van der Waals surface area contributed by atoms with Crippen molar-refractivity contribution in [3.8, 4) is 6.07 Å². The fourth-order valence-electron chi connectivity index (χ4n) is 2.05. The van der Waals surface area contributed by atoms with Crippen LogP contribution in [0, 0.1) is 17.2 Å². The van der Waals surface area contributed by atoms with E-state index in [0.29, 0.717) is 22.1 Å². The third kappa shape index (κ3) is 4.44. The predicted molar refractivity (Wildman–Crippen MR) is 89.0 cm³/mol. The topological polar surface area (TPSA) is 53.8 Å². The minimum atomic E-state index is 0.0468. The quantitative estimate of drug-likeness (QED) is 0.594. The lowest BCUT2D eigenvalue weighted by atomic mass is 10.1. The summed E-state index contributed by atoms with van der Waals surface area (Å²) in [5, 5.41) is 9.83. The molecule has 0 radical (unpaired) electrons. The van der Waals surface area contributed by atoms with E-state index < -0.39 is 0 Å². The summed E-state index contributed by atoms with van der Waals surface area (Å²) in [4.78, 5) is 16.7. The molecule has 0 saturated carbocycles. The number of carbonyl (C=O) groups is 1. The minimum Gasteiger partial charge on any atom is -0.293 e. The number of hydrogen-bond acceptors (Lipinski definition) is 4. The lowest BCUT2D eigenvalue weighted by Crippen LogP contribution is -2.04.